The molecule has 2 unspecified atom stereocenters. The van der Waals surface area contributed by atoms with E-state index in [-0.39, 0.29) is 6.04 Å². The Kier molecular flexibility index (Phi) is 3.53. The lowest BCUT2D eigenvalue weighted by Crippen LogP contribution is -2.42. The van der Waals surface area contributed by atoms with Gasteiger partial charge in [-0.05, 0) is 12.8 Å². The van der Waals surface area contributed by atoms with Crippen LogP contribution in [0.3, 0.4) is 0 Å². The topological polar surface area (TPSA) is 63.8 Å². The van der Waals surface area contributed by atoms with Gasteiger partial charge in [-0.1, -0.05) is 19.8 Å². The Hall–Kier alpha value is -0.680. The minimum Gasteiger partial charge on any atom is -0.356 e. The fourth-order valence-electron chi connectivity index (χ4n) is 1.95. The van der Waals surface area contributed by atoms with E-state index in [0.717, 1.165) is 30.2 Å². The molecule has 1 aromatic heterocycles. The predicted molar refractivity (Wildman–Crippen MR) is 63.1 cm³/mol. The van der Waals surface area contributed by atoms with Crippen molar-refractivity contribution in [2.45, 2.75) is 51.1 Å². The third-order valence-corrected chi connectivity index (χ3v) is 3.60. The van der Waals surface area contributed by atoms with Crippen LogP contribution in [-0.4, -0.2) is 21.4 Å². The van der Waals surface area contributed by atoms with Gasteiger partial charge in [0.15, 0.2) is 0 Å². The van der Waals surface area contributed by atoms with E-state index < -0.39 is 0 Å². The summed E-state index contributed by atoms with van der Waals surface area (Å²) in [5.41, 5.74) is 6.06. The third-order valence-electron chi connectivity index (χ3n) is 2.91. The number of rotatable bonds is 3. The number of hydrogen-bond acceptors (Lipinski definition) is 5. The summed E-state index contributed by atoms with van der Waals surface area (Å²) in [7, 11) is 0. The molecule has 0 bridgehead atoms. The van der Waals surface area contributed by atoms with Crippen molar-refractivity contribution in [1.29, 1.82) is 0 Å². The summed E-state index contributed by atoms with van der Waals surface area (Å²) in [6.45, 7) is 2.07. The summed E-state index contributed by atoms with van der Waals surface area (Å²) in [5.74, 6) is 0.923. The van der Waals surface area contributed by atoms with Gasteiger partial charge < -0.3 is 11.1 Å². The highest BCUT2D eigenvalue weighted by Crippen LogP contribution is 2.22. The SMILES string of the molecule is CCc1nsc(NC2CCCCC2N)n1. The Balaban J connectivity index is 1.95. The smallest absolute Gasteiger partial charge is 0.202 e. The van der Waals surface area contributed by atoms with E-state index in [1.165, 1.54) is 24.4 Å². The maximum atomic E-state index is 6.06. The minimum atomic E-state index is 0.271. The number of anilines is 1. The van der Waals surface area contributed by atoms with Crippen molar-refractivity contribution < 1.29 is 0 Å². The molecule has 2 atom stereocenters. The number of aromatic nitrogens is 2. The molecule has 0 aliphatic heterocycles. The molecule has 1 heterocycles. The molecule has 4 nitrogen and oxygen atoms in total. The Labute approximate surface area is 94.5 Å². The van der Waals surface area contributed by atoms with Gasteiger partial charge in [-0.15, -0.1) is 0 Å². The first-order valence-electron chi connectivity index (χ1n) is 5.64. The van der Waals surface area contributed by atoms with Crippen LogP contribution < -0.4 is 11.1 Å². The predicted octanol–water partition coefficient (Wildman–Crippen LogP) is 1.78. The quantitative estimate of drug-likeness (QED) is 0.824. The molecule has 2 rings (SSSR count). The van der Waals surface area contributed by atoms with Crippen molar-refractivity contribution in [2.75, 3.05) is 5.32 Å². The molecule has 1 fully saturated rings. The van der Waals surface area contributed by atoms with E-state index in [1.807, 2.05) is 0 Å². The van der Waals surface area contributed by atoms with Crippen LogP contribution in [-0.2, 0) is 6.42 Å². The van der Waals surface area contributed by atoms with Crippen molar-refractivity contribution in [2.24, 2.45) is 5.73 Å². The molecule has 5 heteroatoms. The zero-order chi connectivity index (χ0) is 10.7. The van der Waals surface area contributed by atoms with Crippen molar-refractivity contribution in [1.82, 2.24) is 9.36 Å². The molecule has 1 saturated carbocycles. The van der Waals surface area contributed by atoms with Crippen LogP contribution in [0.25, 0.3) is 0 Å². The fourth-order valence-corrected chi connectivity index (χ4v) is 2.67. The van der Waals surface area contributed by atoms with Crippen LogP contribution in [0.15, 0.2) is 0 Å². The second-order valence-corrected chi connectivity index (χ2v) is 4.82. The highest BCUT2D eigenvalue weighted by Gasteiger charge is 2.22. The van der Waals surface area contributed by atoms with E-state index >= 15 is 0 Å². The molecule has 84 valence electrons. The zero-order valence-corrected chi connectivity index (χ0v) is 9.89. The van der Waals surface area contributed by atoms with Gasteiger partial charge in [0.2, 0.25) is 5.13 Å². The normalized spacial score (nSPS) is 26.5. The van der Waals surface area contributed by atoms with E-state index in [0.29, 0.717) is 6.04 Å². The summed E-state index contributed by atoms with van der Waals surface area (Å²) in [6.07, 6.45) is 5.70. The Bertz CT molecular complexity index is 312. The van der Waals surface area contributed by atoms with Crippen LogP contribution in [0.2, 0.25) is 0 Å². The van der Waals surface area contributed by atoms with Crippen molar-refractivity contribution >= 4 is 16.7 Å². The molecule has 0 spiro atoms. The second kappa shape index (κ2) is 4.90. The number of nitrogens with one attached hydrogen (secondary N) is 1. The van der Waals surface area contributed by atoms with Gasteiger partial charge in [-0.25, -0.2) is 4.98 Å². The van der Waals surface area contributed by atoms with Crippen LogP contribution in [0.1, 0.15) is 38.4 Å². The summed E-state index contributed by atoms with van der Waals surface area (Å²) in [6, 6.07) is 0.657. The van der Waals surface area contributed by atoms with Gasteiger partial charge in [0.25, 0.3) is 0 Å². The first-order valence-corrected chi connectivity index (χ1v) is 6.41. The molecule has 0 aromatic carbocycles. The average molecular weight is 226 g/mol. The lowest BCUT2D eigenvalue weighted by atomic mass is 9.91. The highest BCUT2D eigenvalue weighted by molar-refractivity contribution is 7.09. The third kappa shape index (κ3) is 2.66. The van der Waals surface area contributed by atoms with Crippen molar-refractivity contribution in [3.05, 3.63) is 5.82 Å². The number of aryl methyl sites for hydroxylation is 1. The van der Waals surface area contributed by atoms with Gasteiger partial charge in [-0.2, -0.15) is 4.37 Å². The number of nitrogens with two attached hydrogens (primary N) is 1. The van der Waals surface area contributed by atoms with Gasteiger partial charge >= 0.3 is 0 Å². The first-order chi connectivity index (χ1) is 7.29. The molecule has 0 amide bonds. The Morgan fingerprint density at radius 1 is 1.47 bits per heavy atom. The fraction of sp³-hybridized carbons (Fsp3) is 0.800. The van der Waals surface area contributed by atoms with Crippen LogP contribution in [0.5, 0.6) is 0 Å². The highest BCUT2D eigenvalue weighted by atomic mass is 32.1. The summed E-state index contributed by atoms with van der Waals surface area (Å²) >= 11 is 1.44. The molecule has 1 aliphatic carbocycles. The van der Waals surface area contributed by atoms with E-state index in [1.54, 1.807) is 0 Å². The van der Waals surface area contributed by atoms with Gasteiger partial charge in [0.1, 0.15) is 5.82 Å². The Morgan fingerprint density at radius 3 is 2.93 bits per heavy atom. The van der Waals surface area contributed by atoms with Gasteiger partial charge in [0, 0.05) is 30.0 Å². The molecule has 0 saturated heterocycles. The Morgan fingerprint density at radius 2 is 2.27 bits per heavy atom. The van der Waals surface area contributed by atoms with Crippen LogP contribution >= 0.6 is 11.5 Å². The first kappa shape index (κ1) is 10.8. The van der Waals surface area contributed by atoms with Crippen molar-refractivity contribution in [3.8, 4) is 0 Å². The maximum Gasteiger partial charge on any atom is 0.202 e. The van der Waals surface area contributed by atoms with Crippen LogP contribution in [0, 0.1) is 0 Å². The zero-order valence-electron chi connectivity index (χ0n) is 9.07. The lowest BCUT2D eigenvalue weighted by Gasteiger charge is -2.28. The maximum absolute atomic E-state index is 6.06. The number of hydrogen-bond donors (Lipinski definition) is 2. The lowest BCUT2D eigenvalue weighted by molar-refractivity contribution is 0.404. The monoisotopic (exact) mass is 226 g/mol. The molecule has 3 N–H and O–H groups in total. The standard InChI is InChI=1S/C10H18N4S/c1-2-9-13-10(15-14-9)12-8-6-4-3-5-7(8)11/h7-8H,2-6,11H2,1H3,(H,12,13,14). The van der Waals surface area contributed by atoms with Gasteiger partial charge in [0.05, 0.1) is 0 Å². The van der Waals surface area contributed by atoms with Crippen LogP contribution in [0.4, 0.5) is 5.13 Å². The van der Waals surface area contributed by atoms with Gasteiger partial charge in [-0.3, -0.25) is 0 Å². The molecular weight excluding hydrogens is 208 g/mol. The summed E-state index contributed by atoms with van der Waals surface area (Å²) in [4.78, 5) is 4.40. The molecule has 0 radical (unpaired) electrons. The molecule has 15 heavy (non-hydrogen) atoms. The van der Waals surface area contributed by atoms with E-state index in [9.17, 15) is 0 Å². The molecule has 1 aliphatic rings. The largest absolute Gasteiger partial charge is 0.356 e. The van der Waals surface area contributed by atoms with E-state index in [4.69, 9.17) is 5.73 Å². The summed E-state index contributed by atoms with van der Waals surface area (Å²) in [5, 5.41) is 4.33. The van der Waals surface area contributed by atoms with Crippen molar-refractivity contribution in [3.63, 3.8) is 0 Å². The number of nitrogens with zero attached hydrogens (tertiary/aromatic N) is 2. The second-order valence-electron chi connectivity index (χ2n) is 4.07. The summed E-state index contributed by atoms with van der Waals surface area (Å²) < 4.78 is 4.25. The average Bonchev–Trinajstić information content (AvgIpc) is 2.69. The minimum absolute atomic E-state index is 0.271. The molecule has 1 aromatic rings. The molecular formula is C10H18N4S. The van der Waals surface area contributed by atoms with E-state index in [2.05, 4.69) is 21.6 Å².